The third kappa shape index (κ3) is 4.27. The van der Waals surface area contributed by atoms with Crippen LogP contribution in [0.5, 0.6) is 0 Å². The van der Waals surface area contributed by atoms with Crippen molar-refractivity contribution in [2.75, 3.05) is 5.32 Å². The van der Waals surface area contributed by atoms with E-state index in [2.05, 4.69) is 22.4 Å². The first-order valence-electron chi connectivity index (χ1n) is 6.71. The van der Waals surface area contributed by atoms with Gasteiger partial charge in [0.1, 0.15) is 5.01 Å². The van der Waals surface area contributed by atoms with E-state index in [-0.39, 0.29) is 10.7 Å². The summed E-state index contributed by atoms with van der Waals surface area (Å²) in [5, 5.41) is 11.3. The SMILES string of the molecule is CCCCc1nnc(NC(=O)c2cccc(C(F)(F)F)c2)s1. The van der Waals surface area contributed by atoms with Crippen LogP contribution in [0.4, 0.5) is 18.3 Å². The number of benzene rings is 1. The Morgan fingerprint density at radius 3 is 2.77 bits per heavy atom. The summed E-state index contributed by atoms with van der Waals surface area (Å²) in [5.74, 6) is -0.635. The first kappa shape index (κ1) is 16.4. The van der Waals surface area contributed by atoms with Crippen molar-refractivity contribution in [3.8, 4) is 0 Å². The Morgan fingerprint density at radius 1 is 1.32 bits per heavy atom. The van der Waals surface area contributed by atoms with Crippen molar-refractivity contribution in [2.45, 2.75) is 32.4 Å². The number of anilines is 1. The molecule has 2 aromatic rings. The van der Waals surface area contributed by atoms with Gasteiger partial charge in [-0.25, -0.2) is 0 Å². The highest BCUT2D eigenvalue weighted by atomic mass is 32.1. The number of hydrogen-bond acceptors (Lipinski definition) is 4. The molecule has 4 nitrogen and oxygen atoms in total. The van der Waals surface area contributed by atoms with Crippen molar-refractivity contribution in [1.29, 1.82) is 0 Å². The highest BCUT2D eigenvalue weighted by Crippen LogP contribution is 2.29. The molecule has 1 amide bonds. The van der Waals surface area contributed by atoms with Gasteiger partial charge in [0.15, 0.2) is 0 Å². The van der Waals surface area contributed by atoms with E-state index in [0.29, 0.717) is 0 Å². The summed E-state index contributed by atoms with van der Waals surface area (Å²) in [6, 6.07) is 4.26. The third-order valence-electron chi connectivity index (χ3n) is 2.88. The molecule has 22 heavy (non-hydrogen) atoms. The summed E-state index contributed by atoms with van der Waals surface area (Å²) in [7, 11) is 0. The minimum absolute atomic E-state index is 0.0693. The summed E-state index contributed by atoms with van der Waals surface area (Å²) in [5.41, 5.74) is -0.929. The smallest absolute Gasteiger partial charge is 0.296 e. The Bertz CT molecular complexity index is 655. The molecule has 1 N–H and O–H groups in total. The number of aryl methyl sites for hydroxylation is 1. The number of hydrogen-bond donors (Lipinski definition) is 1. The zero-order chi connectivity index (χ0) is 16.2. The number of nitrogens with zero attached hydrogens (tertiary/aromatic N) is 2. The van der Waals surface area contributed by atoms with Crippen LogP contribution in [0.2, 0.25) is 0 Å². The lowest BCUT2D eigenvalue weighted by molar-refractivity contribution is -0.137. The maximum Gasteiger partial charge on any atom is 0.416 e. The minimum atomic E-state index is -4.48. The van der Waals surface area contributed by atoms with Crippen molar-refractivity contribution in [2.24, 2.45) is 0 Å². The molecule has 0 unspecified atom stereocenters. The van der Waals surface area contributed by atoms with Gasteiger partial charge in [0, 0.05) is 12.0 Å². The number of alkyl halides is 3. The topological polar surface area (TPSA) is 54.9 Å². The second kappa shape index (κ2) is 6.87. The van der Waals surface area contributed by atoms with Crippen LogP contribution in [0, 0.1) is 0 Å². The fourth-order valence-corrected chi connectivity index (χ4v) is 2.52. The quantitative estimate of drug-likeness (QED) is 0.896. The van der Waals surface area contributed by atoms with E-state index in [1.807, 2.05) is 0 Å². The molecule has 0 aliphatic rings. The molecule has 0 fully saturated rings. The van der Waals surface area contributed by atoms with Gasteiger partial charge in [0.2, 0.25) is 5.13 Å². The van der Waals surface area contributed by atoms with Gasteiger partial charge in [-0.15, -0.1) is 10.2 Å². The van der Waals surface area contributed by atoms with Crippen LogP contribution in [0.3, 0.4) is 0 Å². The monoisotopic (exact) mass is 329 g/mol. The van der Waals surface area contributed by atoms with Gasteiger partial charge < -0.3 is 0 Å². The largest absolute Gasteiger partial charge is 0.416 e. The molecule has 0 radical (unpaired) electrons. The van der Waals surface area contributed by atoms with Crippen LogP contribution in [-0.2, 0) is 12.6 Å². The predicted octanol–water partition coefficient (Wildman–Crippen LogP) is 4.15. The van der Waals surface area contributed by atoms with Crippen LogP contribution in [0.1, 0.15) is 40.7 Å². The zero-order valence-corrected chi connectivity index (χ0v) is 12.6. The van der Waals surface area contributed by atoms with Crippen molar-refractivity contribution >= 4 is 22.4 Å². The van der Waals surface area contributed by atoms with E-state index < -0.39 is 17.6 Å². The number of amides is 1. The molecule has 118 valence electrons. The molecule has 0 aliphatic heterocycles. The molecule has 8 heteroatoms. The average Bonchev–Trinajstić information content (AvgIpc) is 2.92. The Kier molecular flexibility index (Phi) is 5.12. The molecule has 1 aromatic carbocycles. The van der Waals surface area contributed by atoms with E-state index in [9.17, 15) is 18.0 Å². The van der Waals surface area contributed by atoms with Crippen molar-refractivity contribution in [1.82, 2.24) is 10.2 Å². The van der Waals surface area contributed by atoms with Crippen molar-refractivity contribution < 1.29 is 18.0 Å². The van der Waals surface area contributed by atoms with Crippen LogP contribution < -0.4 is 5.32 Å². The van der Waals surface area contributed by atoms with Crippen LogP contribution in [0.15, 0.2) is 24.3 Å². The van der Waals surface area contributed by atoms with Gasteiger partial charge >= 0.3 is 6.18 Å². The third-order valence-corrected chi connectivity index (χ3v) is 3.78. The Hall–Kier alpha value is -1.96. The number of unbranched alkanes of at least 4 members (excludes halogenated alkanes) is 1. The molecule has 1 aromatic heterocycles. The van der Waals surface area contributed by atoms with Gasteiger partial charge in [0.25, 0.3) is 5.91 Å². The molecule has 0 spiro atoms. The fraction of sp³-hybridized carbons (Fsp3) is 0.357. The van der Waals surface area contributed by atoms with E-state index in [0.717, 1.165) is 36.4 Å². The highest BCUT2D eigenvalue weighted by Gasteiger charge is 2.30. The van der Waals surface area contributed by atoms with Crippen LogP contribution in [-0.4, -0.2) is 16.1 Å². The summed E-state index contributed by atoms with van der Waals surface area (Å²) in [4.78, 5) is 12.0. The number of carbonyl (C=O) groups is 1. The Balaban J connectivity index is 2.07. The lowest BCUT2D eigenvalue weighted by atomic mass is 10.1. The first-order valence-corrected chi connectivity index (χ1v) is 7.53. The van der Waals surface area contributed by atoms with Gasteiger partial charge in [-0.2, -0.15) is 13.2 Å². The van der Waals surface area contributed by atoms with Crippen molar-refractivity contribution in [3.05, 3.63) is 40.4 Å². The second-order valence-corrected chi connectivity index (χ2v) is 5.70. The Morgan fingerprint density at radius 2 is 2.09 bits per heavy atom. The van der Waals surface area contributed by atoms with E-state index in [1.54, 1.807) is 0 Å². The maximum absolute atomic E-state index is 12.6. The van der Waals surface area contributed by atoms with Gasteiger partial charge in [-0.05, 0) is 24.6 Å². The Labute approximate surface area is 129 Å². The highest BCUT2D eigenvalue weighted by molar-refractivity contribution is 7.15. The second-order valence-electron chi connectivity index (χ2n) is 4.64. The normalized spacial score (nSPS) is 11.5. The minimum Gasteiger partial charge on any atom is -0.296 e. The molecule has 0 aliphatic carbocycles. The summed E-state index contributed by atoms with van der Waals surface area (Å²) < 4.78 is 37.9. The molecular formula is C14H14F3N3OS. The summed E-state index contributed by atoms with van der Waals surface area (Å²) >= 11 is 1.23. The molecule has 0 saturated carbocycles. The summed E-state index contributed by atoms with van der Waals surface area (Å²) in [6.07, 6.45) is -1.72. The maximum atomic E-state index is 12.6. The van der Waals surface area contributed by atoms with Gasteiger partial charge in [0.05, 0.1) is 5.56 Å². The predicted molar refractivity (Wildman–Crippen MR) is 77.9 cm³/mol. The lowest BCUT2D eigenvalue weighted by Gasteiger charge is -2.08. The number of aromatic nitrogens is 2. The van der Waals surface area contributed by atoms with E-state index >= 15 is 0 Å². The molecule has 0 bridgehead atoms. The van der Waals surface area contributed by atoms with E-state index in [4.69, 9.17) is 0 Å². The summed E-state index contributed by atoms with van der Waals surface area (Å²) in [6.45, 7) is 2.05. The molecule has 0 saturated heterocycles. The number of nitrogens with one attached hydrogen (secondary N) is 1. The molecule has 1 heterocycles. The molecule has 0 atom stereocenters. The number of rotatable bonds is 5. The average molecular weight is 329 g/mol. The molecule has 2 rings (SSSR count). The van der Waals surface area contributed by atoms with Gasteiger partial charge in [-0.1, -0.05) is 30.7 Å². The zero-order valence-electron chi connectivity index (χ0n) is 11.8. The van der Waals surface area contributed by atoms with Crippen LogP contribution in [0.25, 0.3) is 0 Å². The van der Waals surface area contributed by atoms with E-state index in [1.165, 1.54) is 23.5 Å². The molecular weight excluding hydrogens is 315 g/mol. The standard InChI is InChI=1S/C14H14F3N3OS/c1-2-3-7-11-19-20-13(22-11)18-12(21)9-5-4-6-10(8-9)14(15,16)17/h4-6,8H,2-3,7H2,1H3,(H,18,20,21). The lowest BCUT2D eigenvalue weighted by Crippen LogP contribution is -2.13. The van der Waals surface area contributed by atoms with Gasteiger partial charge in [-0.3, -0.25) is 10.1 Å². The number of carbonyl (C=O) groups excluding carboxylic acids is 1. The number of halogens is 3. The fourth-order valence-electron chi connectivity index (χ4n) is 1.74. The first-order chi connectivity index (χ1) is 10.4. The van der Waals surface area contributed by atoms with Crippen molar-refractivity contribution in [3.63, 3.8) is 0 Å². The van der Waals surface area contributed by atoms with Crippen LogP contribution >= 0.6 is 11.3 Å².